The van der Waals surface area contributed by atoms with Crippen LogP contribution < -0.4 is 10.6 Å². The van der Waals surface area contributed by atoms with E-state index in [0.717, 1.165) is 12.3 Å². The highest BCUT2D eigenvalue weighted by Gasteiger charge is 2.12. The fraction of sp³-hybridized carbons (Fsp3) is 0.286. The number of aromatic nitrogens is 1. The van der Waals surface area contributed by atoms with E-state index in [0.29, 0.717) is 28.7 Å². The van der Waals surface area contributed by atoms with E-state index < -0.39 is 0 Å². The molecule has 0 bridgehead atoms. The summed E-state index contributed by atoms with van der Waals surface area (Å²) in [6, 6.07) is 5.31. The minimum absolute atomic E-state index is 0.259. The van der Waals surface area contributed by atoms with E-state index in [-0.39, 0.29) is 5.91 Å². The predicted octanol–water partition coefficient (Wildman–Crippen LogP) is 3.00. The summed E-state index contributed by atoms with van der Waals surface area (Å²) in [5, 5.41) is 6.12. The number of aryl methyl sites for hydroxylation is 1. The molecular weight excluding hydrogens is 278 g/mol. The first-order valence-electron chi connectivity index (χ1n) is 6.33. The molecule has 2 heterocycles. The number of nitrogens with one attached hydrogen (secondary N) is 2. The number of hydrogen-bond donors (Lipinski definition) is 2. The van der Waals surface area contributed by atoms with Crippen LogP contribution in [-0.2, 0) is 6.54 Å². The van der Waals surface area contributed by atoms with E-state index >= 15 is 0 Å². The van der Waals surface area contributed by atoms with Crippen LogP contribution in [0.25, 0.3) is 0 Å². The number of anilines is 1. The molecule has 2 N–H and O–H groups in total. The van der Waals surface area contributed by atoms with Gasteiger partial charge in [0.15, 0.2) is 0 Å². The van der Waals surface area contributed by atoms with Crippen LogP contribution in [0.1, 0.15) is 28.8 Å². The van der Waals surface area contributed by atoms with Crippen molar-refractivity contribution < 1.29 is 9.21 Å². The van der Waals surface area contributed by atoms with E-state index in [2.05, 4.69) is 15.6 Å². The molecule has 106 valence electrons. The maximum absolute atomic E-state index is 12.1. The Morgan fingerprint density at radius 2 is 2.25 bits per heavy atom. The quantitative estimate of drug-likeness (QED) is 0.889. The number of carbonyl (C=O) groups is 1. The Balaban J connectivity index is 2.06. The molecule has 5 nitrogen and oxygen atoms in total. The highest BCUT2D eigenvalue weighted by molar-refractivity contribution is 6.33. The third kappa shape index (κ3) is 3.51. The van der Waals surface area contributed by atoms with Crippen LogP contribution in [0.2, 0.25) is 5.02 Å². The Morgan fingerprint density at radius 3 is 2.90 bits per heavy atom. The predicted molar refractivity (Wildman–Crippen MR) is 78.0 cm³/mol. The molecule has 0 aromatic carbocycles. The second-order valence-electron chi connectivity index (χ2n) is 4.27. The first kappa shape index (κ1) is 14.4. The average molecular weight is 294 g/mol. The van der Waals surface area contributed by atoms with Gasteiger partial charge in [0.2, 0.25) is 0 Å². The van der Waals surface area contributed by atoms with Gasteiger partial charge in [-0.3, -0.25) is 4.79 Å². The van der Waals surface area contributed by atoms with Gasteiger partial charge in [0, 0.05) is 12.7 Å². The molecule has 0 atom stereocenters. The molecule has 6 heteroatoms. The van der Waals surface area contributed by atoms with Crippen LogP contribution in [0.5, 0.6) is 0 Å². The SMILES string of the molecule is CCNc1cc(C(=O)NCc2ccc(C)o2)c(Cl)cn1. The molecule has 0 saturated carbocycles. The number of carbonyl (C=O) groups excluding carboxylic acids is 1. The molecule has 0 aliphatic carbocycles. The number of nitrogens with zero attached hydrogens (tertiary/aromatic N) is 1. The lowest BCUT2D eigenvalue weighted by Gasteiger charge is -2.08. The van der Waals surface area contributed by atoms with Crippen molar-refractivity contribution in [2.45, 2.75) is 20.4 Å². The first-order chi connectivity index (χ1) is 9.60. The Labute approximate surface area is 122 Å². The number of rotatable bonds is 5. The second kappa shape index (κ2) is 6.43. The van der Waals surface area contributed by atoms with E-state index in [1.807, 2.05) is 26.0 Å². The Morgan fingerprint density at radius 1 is 1.45 bits per heavy atom. The van der Waals surface area contributed by atoms with Crippen molar-refractivity contribution in [2.75, 3.05) is 11.9 Å². The number of hydrogen-bond acceptors (Lipinski definition) is 4. The summed E-state index contributed by atoms with van der Waals surface area (Å²) >= 11 is 6.00. The third-order valence-corrected chi connectivity index (χ3v) is 2.98. The molecular formula is C14H16ClN3O2. The van der Waals surface area contributed by atoms with E-state index in [9.17, 15) is 4.79 Å². The molecule has 0 saturated heterocycles. The lowest BCUT2D eigenvalue weighted by molar-refractivity contribution is 0.0948. The molecule has 20 heavy (non-hydrogen) atoms. The van der Waals surface area contributed by atoms with Crippen LogP contribution in [0.3, 0.4) is 0 Å². The molecule has 0 spiro atoms. The Bertz CT molecular complexity index is 610. The zero-order valence-corrected chi connectivity index (χ0v) is 12.1. The van der Waals surface area contributed by atoms with E-state index in [4.69, 9.17) is 16.0 Å². The minimum Gasteiger partial charge on any atom is -0.465 e. The summed E-state index contributed by atoms with van der Waals surface area (Å²) in [6.07, 6.45) is 1.46. The van der Waals surface area contributed by atoms with Gasteiger partial charge in [-0.25, -0.2) is 4.98 Å². The van der Waals surface area contributed by atoms with Crippen molar-refractivity contribution in [1.29, 1.82) is 0 Å². The van der Waals surface area contributed by atoms with Gasteiger partial charge in [0.1, 0.15) is 17.3 Å². The maximum atomic E-state index is 12.1. The smallest absolute Gasteiger partial charge is 0.253 e. The first-order valence-corrected chi connectivity index (χ1v) is 6.71. The molecule has 2 aromatic rings. The number of amides is 1. The maximum Gasteiger partial charge on any atom is 0.253 e. The molecule has 0 unspecified atom stereocenters. The molecule has 1 amide bonds. The van der Waals surface area contributed by atoms with Gasteiger partial charge in [-0.15, -0.1) is 0 Å². The molecule has 0 aliphatic heterocycles. The van der Waals surface area contributed by atoms with Gasteiger partial charge in [-0.05, 0) is 32.0 Å². The monoisotopic (exact) mass is 293 g/mol. The highest BCUT2D eigenvalue weighted by Crippen LogP contribution is 2.18. The topological polar surface area (TPSA) is 67.2 Å². The zero-order chi connectivity index (χ0) is 14.5. The van der Waals surface area contributed by atoms with Crippen LogP contribution in [0, 0.1) is 6.92 Å². The summed E-state index contributed by atoms with van der Waals surface area (Å²) in [6.45, 7) is 4.85. The van der Waals surface area contributed by atoms with E-state index in [1.165, 1.54) is 6.20 Å². The van der Waals surface area contributed by atoms with Gasteiger partial charge in [-0.2, -0.15) is 0 Å². The summed E-state index contributed by atoms with van der Waals surface area (Å²) in [5.41, 5.74) is 0.390. The molecule has 0 radical (unpaired) electrons. The average Bonchev–Trinajstić information content (AvgIpc) is 2.84. The lowest BCUT2D eigenvalue weighted by Crippen LogP contribution is -2.23. The highest BCUT2D eigenvalue weighted by atomic mass is 35.5. The molecule has 2 aromatic heterocycles. The van der Waals surface area contributed by atoms with Crippen molar-refractivity contribution in [3.8, 4) is 0 Å². The van der Waals surface area contributed by atoms with Crippen molar-refractivity contribution in [3.63, 3.8) is 0 Å². The van der Waals surface area contributed by atoms with E-state index in [1.54, 1.807) is 6.07 Å². The standard InChI is InChI=1S/C14H16ClN3O2/c1-3-16-13-6-11(12(15)8-17-13)14(19)18-7-10-5-4-9(2)20-10/h4-6,8H,3,7H2,1-2H3,(H,16,17)(H,18,19). The molecule has 0 fully saturated rings. The fourth-order valence-corrected chi connectivity index (χ4v) is 1.92. The number of furan rings is 1. The molecule has 2 rings (SSSR count). The largest absolute Gasteiger partial charge is 0.465 e. The third-order valence-electron chi connectivity index (χ3n) is 2.68. The van der Waals surface area contributed by atoms with Gasteiger partial charge < -0.3 is 15.1 Å². The van der Waals surface area contributed by atoms with Gasteiger partial charge in [0.05, 0.1) is 17.1 Å². The summed E-state index contributed by atoms with van der Waals surface area (Å²) < 4.78 is 5.39. The lowest BCUT2D eigenvalue weighted by atomic mass is 10.2. The van der Waals surface area contributed by atoms with Crippen molar-refractivity contribution in [1.82, 2.24) is 10.3 Å². The summed E-state index contributed by atoms with van der Waals surface area (Å²) in [5.74, 6) is 1.88. The number of pyridine rings is 1. The van der Waals surface area contributed by atoms with Crippen LogP contribution in [-0.4, -0.2) is 17.4 Å². The normalized spacial score (nSPS) is 10.3. The zero-order valence-electron chi connectivity index (χ0n) is 11.4. The minimum atomic E-state index is -0.259. The van der Waals surface area contributed by atoms with Crippen molar-refractivity contribution in [2.24, 2.45) is 0 Å². The second-order valence-corrected chi connectivity index (χ2v) is 4.68. The fourth-order valence-electron chi connectivity index (χ4n) is 1.73. The van der Waals surface area contributed by atoms with Crippen LogP contribution >= 0.6 is 11.6 Å². The van der Waals surface area contributed by atoms with Crippen LogP contribution in [0.4, 0.5) is 5.82 Å². The Kier molecular flexibility index (Phi) is 4.63. The van der Waals surface area contributed by atoms with Crippen LogP contribution in [0.15, 0.2) is 28.8 Å². The summed E-state index contributed by atoms with van der Waals surface area (Å²) in [7, 11) is 0. The Hall–Kier alpha value is -2.01. The van der Waals surface area contributed by atoms with Crippen molar-refractivity contribution in [3.05, 3.63) is 46.5 Å². The van der Waals surface area contributed by atoms with Crippen molar-refractivity contribution >= 4 is 23.3 Å². The number of halogens is 1. The summed E-state index contributed by atoms with van der Waals surface area (Å²) in [4.78, 5) is 16.2. The van der Waals surface area contributed by atoms with Gasteiger partial charge >= 0.3 is 0 Å². The molecule has 0 aliphatic rings. The van der Waals surface area contributed by atoms with Gasteiger partial charge in [0.25, 0.3) is 5.91 Å². The van der Waals surface area contributed by atoms with Gasteiger partial charge in [-0.1, -0.05) is 11.6 Å².